The van der Waals surface area contributed by atoms with Crippen LogP contribution in [0.15, 0.2) is 48.5 Å². The monoisotopic (exact) mass is 341 g/mol. The SMILES string of the molecule is O=C(Nc1cccc(F)c1)c1cccc(NC(=O)C2CCCCN2)c1. The fourth-order valence-corrected chi connectivity index (χ4v) is 2.81. The quantitative estimate of drug-likeness (QED) is 0.800. The molecule has 5 nitrogen and oxygen atoms in total. The van der Waals surface area contributed by atoms with Gasteiger partial charge in [0.1, 0.15) is 5.82 Å². The number of amides is 2. The average molecular weight is 341 g/mol. The van der Waals surface area contributed by atoms with E-state index in [1.54, 1.807) is 30.3 Å². The van der Waals surface area contributed by atoms with Crippen LogP contribution < -0.4 is 16.0 Å². The first kappa shape index (κ1) is 17.1. The van der Waals surface area contributed by atoms with Crippen molar-refractivity contribution >= 4 is 23.2 Å². The standard InChI is InChI=1S/C19H20FN3O2/c20-14-6-4-8-16(12-14)22-18(24)13-5-3-7-15(11-13)23-19(25)17-9-1-2-10-21-17/h3-8,11-12,17,21H,1-2,9-10H2,(H,22,24)(H,23,25). The van der Waals surface area contributed by atoms with Gasteiger partial charge in [-0.1, -0.05) is 18.6 Å². The lowest BCUT2D eigenvalue weighted by Gasteiger charge is -2.22. The largest absolute Gasteiger partial charge is 0.325 e. The molecule has 6 heteroatoms. The van der Waals surface area contributed by atoms with Gasteiger partial charge in [0.05, 0.1) is 6.04 Å². The molecule has 1 saturated heterocycles. The molecule has 1 aliphatic rings. The first-order valence-corrected chi connectivity index (χ1v) is 8.33. The zero-order valence-electron chi connectivity index (χ0n) is 13.7. The number of hydrogen-bond donors (Lipinski definition) is 3. The maximum absolute atomic E-state index is 13.2. The van der Waals surface area contributed by atoms with Crippen molar-refractivity contribution in [2.45, 2.75) is 25.3 Å². The van der Waals surface area contributed by atoms with E-state index >= 15 is 0 Å². The van der Waals surface area contributed by atoms with E-state index in [-0.39, 0.29) is 17.9 Å². The molecule has 0 spiro atoms. The van der Waals surface area contributed by atoms with Gasteiger partial charge in [-0.25, -0.2) is 4.39 Å². The summed E-state index contributed by atoms with van der Waals surface area (Å²) in [5.41, 5.74) is 1.33. The number of carbonyl (C=O) groups is 2. The van der Waals surface area contributed by atoms with Crippen molar-refractivity contribution in [1.29, 1.82) is 0 Å². The van der Waals surface area contributed by atoms with Crippen molar-refractivity contribution in [3.63, 3.8) is 0 Å². The van der Waals surface area contributed by atoms with Crippen LogP contribution in [0.5, 0.6) is 0 Å². The molecule has 0 aromatic heterocycles. The van der Waals surface area contributed by atoms with E-state index in [2.05, 4.69) is 16.0 Å². The smallest absolute Gasteiger partial charge is 0.255 e. The minimum Gasteiger partial charge on any atom is -0.325 e. The molecule has 0 radical (unpaired) electrons. The van der Waals surface area contributed by atoms with Crippen LogP contribution in [0.4, 0.5) is 15.8 Å². The van der Waals surface area contributed by atoms with Crippen molar-refractivity contribution in [3.8, 4) is 0 Å². The third-order valence-corrected chi connectivity index (χ3v) is 4.10. The summed E-state index contributed by atoms with van der Waals surface area (Å²) in [6.07, 6.45) is 2.92. The van der Waals surface area contributed by atoms with Crippen molar-refractivity contribution < 1.29 is 14.0 Å². The van der Waals surface area contributed by atoms with Crippen molar-refractivity contribution in [2.75, 3.05) is 17.2 Å². The van der Waals surface area contributed by atoms with Crippen LogP contribution >= 0.6 is 0 Å². The Kier molecular flexibility index (Phi) is 5.40. The van der Waals surface area contributed by atoms with Gasteiger partial charge < -0.3 is 16.0 Å². The molecule has 1 atom stereocenters. The first-order valence-electron chi connectivity index (χ1n) is 8.33. The van der Waals surface area contributed by atoms with Gasteiger partial charge in [0.25, 0.3) is 5.91 Å². The minimum atomic E-state index is -0.418. The Balaban J connectivity index is 1.66. The summed E-state index contributed by atoms with van der Waals surface area (Å²) in [5.74, 6) is -0.876. The number of rotatable bonds is 4. The van der Waals surface area contributed by atoms with Gasteiger partial charge in [0.2, 0.25) is 5.91 Å². The summed E-state index contributed by atoms with van der Waals surface area (Å²) in [4.78, 5) is 24.6. The van der Waals surface area contributed by atoms with Crippen LogP contribution in [0.3, 0.4) is 0 Å². The molecule has 2 aromatic carbocycles. The number of nitrogens with one attached hydrogen (secondary N) is 3. The summed E-state index contributed by atoms with van der Waals surface area (Å²) >= 11 is 0. The molecule has 0 bridgehead atoms. The molecule has 130 valence electrons. The molecule has 25 heavy (non-hydrogen) atoms. The van der Waals surface area contributed by atoms with E-state index in [0.717, 1.165) is 25.8 Å². The van der Waals surface area contributed by atoms with E-state index in [9.17, 15) is 14.0 Å². The van der Waals surface area contributed by atoms with Gasteiger partial charge in [0.15, 0.2) is 0 Å². The molecule has 3 rings (SSSR count). The third kappa shape index (κ3) is 4.64. The molecule has 1 fully saturated rings. The van der Waals surface area contributed by atoms with E-state index in [0.29, 0.717) is 16.9 Å². The maximum Gasteiger partial charge on any atom is 0.255 e. The highest BCUT2D eigenvalue weighted by Gasteiger charge is 2.20. The summed E-state index contributed by atoms with van der Waals surface area (Å²) in [6.45, 7) is 0.841. The van der Waals surface area contributed by atoms with Gasteiger partial charge >= 0.3 is 0 Å². The fourth-order valence-electron chi connectivity index (χ4n) is 2.81. The van der Waals surface area contributed by atoms with Gasteiger partial charge in [-0.3, -0.25) is 9.59 Å². The van der Waals surface area contributed by atoms with E-state index in [1.165, 1.54) is 18.2 Å². The highest BCUT2D eigenvalue weighted by atomic mass is 19.1. The Labute approximate surface area is 145 Å². The second kappa shape index (κ2) is 7.90. The molecule has 0 saturated carbocycles. The lowest BCUT2D eigenvalue weighted by molar-refractivity contribution is -0.118. The van der Waals surface area contributed by atoms with Crippen LogP contribution in [0.2, 0.25) is 0 Å². The van der Waals surface area contributed by atoms with Crippen LogP contribution in [-0.4, -0.2) is 24.4 Å². The Morgan fingerprint density at radius 3 is 2.48 bits per heavy atom. The zero-order chi connectivity index (χ0) is 17.6. The molecule has 1 heterocycles. The van der Waals surface area contributed by atoms with Crippen molar-refractivity contribution in [1.82, 2.24) is 5.32 Å². The number of carbonyl (C=O) groups excluding carboxylic acids is 2. The molecule has 1 unspecified atom stereocenters. The predicted molar refractivity (Wildman–Crippen MR) is 95.1 cm³/mol. The summed E-state index contributed by atoms with van der Waals surface area (Å²) < 4.78 is 13.2. The highest BCUT2D eigenvalue weighted by molar-refractivity contribution is 6.05. The topological polar surface area (TPSA) is 70.2 Å². The molecule has 0 aliphatic carbocycles. The first-order chi connectivity index (χ1) is 12.1. The second-order valence-electron chi connectivity index (χ2n) is 6.04. The van der Waals surface area contributed by atoms with Gasteiger partial charge in [0, 0.05) is 16.9 Å². The lowest BCUT2D eigenvalue weighted by Crippen LogP contribution is -2.43. The minimum absolute atomic E-state index is 0.0950. The molecule has 2 aromatic rings. The van der Waals surface area contributed by atoms with Gasteiger partial charge in [-0.05, 0) is 55.8 Å². The Morgan fingerprint density at radius 2 is 1.76 bits per heavy atom. The summed E-state index contributed by atoms with van der Waals surface area (Å²) in [6, 6.07) is 12.2. The maximum atomic E-state index is 13.2. The summed E-state index contributed by atoms with van der Waals surface area (Å²) in [7, 11) is 0. The Bertz CT molecular complexity index is 773. The number of anilines is 2. The molecule has 1 aliphatic heterocycles. The number of hydrogen-bond acceptors (Lipinski definition) is 3. The van der Waals surface area contributed by atoms with E-state index < -0.39 is 5.82 Å². The van der Waals surface area contributed by atoms with Crippen molar-refractivity contribution in [3.05, 3.63) is 59.9 Å². The molecular formula is C19H20FN3O2. The Morgan fingerprint density at radius 1 is 1.00 bits per heavy atom. The fraction of sp³-hybridized carbons (Fsp3) is 0.263. The molecular weight excluding hydrogens is 321 g/mol. The second-order valence-corrected chi connectivity index (χ2v) is 6.04. The predicted octanol–water partition coefficient (Wildman–Crippen LogP) is 3.16. The lowest BCUT2D eigenvalue weighted by atomic mass is 10.0. The van der Waals surface area contributed by atoms with Crippen LogP contribution in [0.1, 0.15) is 29.6 Å². The third-order valence-electron chi connectivity index (χ3n) is 4.10. The summed E-state index contributed by atoms with van der Waals surface area (Å²) in [5, 5.41) is 8.67. The number of halogens is 1. The van der Waals surface area contributed by atoms with Crippen LogP contribution in [-0.2, 0) is 4.79 Å². The number of piperidine rings is 1. The van der Waals surface area contributed by atoms with Gasteiger partial charge in [-0.2, -0.15) is 0 Å². The van der Waals surface area contributed by atoms with E-state index in [1.807, 2.05) is 0 Å². The van der Waals surface area contributed by atoms with Crippen LogP contribution in [0, 0.1) is 5.82 Å². The molecule has 3 N–H and O–H groups in total. The normalized spacial score (nSPS) is 16.9. The number of benzene rings is 2. The van der Waals surface area contributed by atoms with Crippen LogP contribution in [0.25, 0.3) is 0 Å². The Hall–Kier alpha value is -2.73. The van der Waals surface area contributed by atoms with E-state index in [4.69, 9.17) is 0 Å². The average Bonchev–Trinajstić information content (AvgIpc) is 2.62. The van der Waals surface area contributed by atoms with Crippen molar-refractivity contribution in [2.24, 2.45) is 0 Å². The molecule has 2 amide bonds. The highest BCUT2D eigenvalue weighted by Crippen LogP contribution is 2.16. The van der Waals surface area contributed by atoms with Gasteiger partial charge in [-0.15, -0.1) is 0 Å². The zero-order valence-corrected chi connectivity index (χ0v) is 13.7.